The molecule has 148 valence electrons. The molecule has 0 bridgehead atoms. The number of hydrogen-bond donors (Lipinski definition) is 2. The van der Waals surface area contributed by atoms with Gasteiger partial charge < -0.3 is 33.6 Å². The summed E-state index contributed by atoms with van der Waals surface area (Å²) in [4.78, 5) is 4.56. The van der Waals surface area contributed by atoms with Crippen molar-refractivity contribution in [3.05, 3.63) is 30.0 Å². The van der Waals surface area contributed by atoms with Crippen molar-refractivity contribution in [1.29, 1.82) is 0 Å². The van der Waals surface area contributed by atoms with Gasteiger partial charge in [0.1, 0.15) is 11.5 Å². The molecule has 0 aliphatic carbocycles. The van der Waals surface area contributed by atoms with E-state index in [0.29, 0.717) is 28.5 Å². The number of aromatic nitrogens is 1. The molecule has 8 nitrogen and oxygen atoms in total. The van der Waals surface area contributed by atoms with Crippen LogP contribution in [0, 0.1) is 6.92 Å². The van der Waals surface area contributed by atoms with E-state index < -0.39 is 0 Å². The molecule has 0 spiro atoms. The zero-order valence-electron chi connectivity index (χ0n) is 16.2. The number of aryl methyl sites for hydroxylation is 1. The number of phenolic OH excluding ortho intramolecular Hbond substituents is 2. The minimum Gasteiger partial charge on any atom is -0.502 e. The highest BCUT2D eigenvalue weighted by Crippen LogP contribution is 2.43. The predicted molar refractivity (Wildman–Crippen MR) is 102 cm³/mol. The van der Waals surface area contributed by atoms with E-state index in [1.165, 1.54) is 28.4 Å². The molecule has 0 atom stereocenters. The molecule has 0 saturated heterocycles. The van der Waals surface area contributed by atoms with E-state index in [0.717, 1.165) is 0 Å². The first kappa shape index (κ1) is 19.2. The van der Waals surface area contributed by atoms with Gasteiger partial charge in [-0.2, -0.15) is 0 Å². The Kier molecular flexibility index (Phi) is 5.21. The number of benzene rings is 2. The van der Waals surface area contributed by atoms with Gasteiger partial charge in [-0.3, -0.25) is 0 Å². The maximum Gasteiger partial charge on any atom is 0.227 e. The van der Waals surface area contributed by atoms with Gasteiger partial charge in [-0.05, 0) is 31.2 Å². The smallest absolute Gasteiger partial charge is 0.227 e. The van der Waals surface area contributed by atoms with E-state index in [2.05, 4.69) is 4.98 Å². The Bertz CT molecular complexity index is 960. The van der Waals surface area contributed by atoms with Crippen molar-refractivity contribution < 1.29 is 33.6 Å². The summed E-state index contributed by atoms with van der Waals surface area (Å²) in [5.74, 6) is 1.65. The maximum absolute atomic E-state index is 10.1. The number of methoxy groups -OCH3 is 4. The van der Waals surface area contributed by atoms with Gasteiger partial charge >= 0.3 is 0 Å². The highest BCUT2D eigenvalue weighted by atomic mass is 16.5. The van der Waals surface area contributed by atoms with Crippen LogP contribution in [0.1, 0.15) is 5.76 Å². The zero-order chi connectivity index (χ0) is 20.4. The lowest BCUT2D eigenvalue weighted by Gasteiger charge is -2.10. The standard InChI is InChI=1S/C20H21NO7/c1-10-17(11-6-13(24-2)18(22)14(7-11)25-3)21-20(28-10)12-8-15(26-4)19(23)16(9-12)27-5/h6-9,22-23H,1-5H3. The number of ether oxygens (including phenoxy) is 4. The van der Waals surface area contributed by atoms with Crippen LogP contribution in [0.15, 0.2) is 28.7 Å². The minimum atomic E-state index is -0.106. The molecule has 1 heterocycles. The summed E-state index contributed by atoms with van der Waals surface area (Å²) in [5.41, 5.74) is 1.77. The van der Waals surface area contributed by atoms with E-state index in [4.69, 9.17) is 23.4 Å². The molecular weight excluding hydrogens is 366 g/mol. The molecular formula is C20H21NO7. The fourth-order valence-electron chi connectivity index (χ4n) is 2.83. The van der Waals surface area contributed by atoms with Crippen LogP contribution in [-0.4, -0.2) is 43.6 Å². The molecule has 2 N–H and O–H groups in total. The summed E-state index contributed by atoms with van der Waals surface area (Å²) in [5, 5.41) is 20.2. The van der Waals surface area contributed by atoms with Crippen LogP contribution in [0.4, 0.5) is 0 Å². The van der Waals surface area contributed by atoms with Crippen LogP contribution >= 0.6 is 0 Å². The second-order valence-corrected chi connectivity index (χ2v) is 5.88. The molecule has 1 aromatic heterocycles. The second-order valence-electron chi connectivity index (χ2n) is 5.88. The Morgan fingerprint density at radius 1 is 0.714 bits per heavy atom. The molecule has 0 radical (unpaired) electrons. The lowest BCUT2D eigenvalue weighted by Crippen LogP contribution is -1.92. The lowest BCUT2D eigenvalue weighted by molar-refractivity contribution is 0.340. The summed E-state index contributed by atoms with van der Waals surface area (Å²) in [6.45, 7) is 1.77. The van der Waals surface area contributed by atoms with E-state index in [-0.39, 0.29) is 34.5 Å². The topological polar surface area (TPSA) is 103 Å². The highest BCUT2D eigenvalue weighted by Gasteiger charge is 2.20. The minimum absolute atomic E-state index is 0.0943. The van der Waals surface area contributed by atoms with Gasteiger partial charge in [0.25, 0.3) is 0 Å². The van der Waals surface area contributed by atoms with Crippen molar-refractivity contribution in [2.24, 2.45) is 0 Å². The summed E-state index contributed by atoms with van der Waals surface area (Å²) < 4.78 is 26.6. The largest absolute Gasteiger partial charge is 0.502 e. The molecule has 2 aromatic carbocycles. The van der Waals surface area contributed by atoms with Crippen LogP contribution in [0.25, 0.3) is 22.7 Å². The molecule has 0 aliphatic heterocycles. The van der Waals surface area contributed by atoms with Gasteiger partial charge in [-0.25, -0.2) is 4.98 Å². The number of nitrogens with zero attached hydrogens (tertiary/aromatic N) is 1. The third kappa shape index (κ3) is 3.24. The Hall–Kier alpha value is -3.55. The van der Waals surface area contributed by atoms with Gasteiger partial charge in [-0.15, -0.1) is 0 Å². The number of phenols is 2. The van der Waals surface area contributed by atoms with Crippen molar-refractivity contribution in [2.75, 3.05) is 28.4 Å². The van der Waals surface area contributed by atoms with Gasteiger partial charge in [-0.1, -0.05) is 0 Å². The molecule has 0 fully saturated rings. The van der Waals surface area contributed by atoms with E-state index in [1.807, 2.05) is 0 Å². The first-order valence-electron chi connectivity index (χ1n) is 8.31. The van der Waals surface area contributed by atoms with Crippen molar-refractivity contribution >= 4 is 0 Å². The Labute approximate surface area is 161 Å². The molecule has 28 heavy (non-hydrogen) atoms. The SMILES string of the molecule is COc1cc(-c2nc(-c3cc(OC)c(O)c(OC)c3)c(C)o2)cc(OC)c1O. The Morgan fingerprint density at radius 2 is 1.11 bits per heavy atom. The van der Waals surface area contributed by atoms with Gasteiger partial charge in [0.15, 0.2) is 23.0 Å². The fourth-order valence-corrected chi connectivity index (χ4v) is 2.83. The van der Waals surface area contributed by atoms with Crippen LogP contribution in [0.5, 0.6) is 34.5 Å². The van der Waals surface area contributed by atoms with Crippen LogP contribution in [0.3, 0.4) is 0 Å². The molecule has 0 aliphatic rings. The van der Waals surface area contributed by atoms with Crippen molar-refractivity contribution in [3.8, 4) is 57.2 Å². The third-order valence-electron chi connectivity index (χ3n) is 4.28. The Morgan fingerprint density at radius 3 is 1.50 bits per heavy atom. The zero-order valence-corrected chi connectivity index (χ0v) is 16.2. The van der Waals surface area contributed by atoms with Crippen molar-refractivity contribution in [3.63, 3.8) is 0 Å². The molecule has 3 aromatic rings. The van der Waals surface area contributed by atoms with Crippen LogP contribution in [0.2, 0.25) is 0 Å². The van der Waals surface area contributed by atoms with Crippen molar-refractivity contribution in [1.82, 2.24) is 4.98 Å². The summed E-state index contributed by atoms with van der Waals surface area (Å²) in [7, 11) is 5.79. The molecule has 0 unspecified atom stereocenters. The number of oxazole rings is 1. The van der Waals surface area contributed by atoms with E-state index in [9.17, 15) is 10.2 Å². The first-order chi connectivity index (χ1) is 13.4. The highest BCUT2D eigenvalue weighted by molar-refractivity contribution is 5.72. The van der Waals surface area contributed by atoms with Crippen molar-refractivity contribution in [2.45, 2.75) is 6.92 Å². The predicted octanol–water partition coefficient (Wildman–Crippen LogP) is 3.76. The maximum atomic E-state index is 10.1. The number of hydrogen-bond acceptors (Lipinski definition) is 8. The fraction of sp³-hybridized carbons (Fsp3) is 0.250. The average Bonchev–Trinajstić information content (AvgIpc) is 3.10. The van der Waals surface area contributed by atoms with Gasteiger partial charge in [0, 0.05) is 11.1 Å². The summed E-state index contributed by atoms with van der Waals surface area (Å²) in [6.07, 6.45) is 0. The van der Waals surface area contributed by atoms with E-state index >= 15 is 0 Å². The third-order valence-corrected chi connectivity index (χ3v) is 4.28. The molecule has 0 saturated carbocycles. The van der Waals surface area contributed by atoms with E-state index in [1.54, 1.807) is 31.2 Å². The molecule has 0 amide bonds. The lowest BCUT2D eigenvalue weighted by atomic mass is 10.1. The Balaban J connectivity index is 2.13. The first-order valence-corrected chi connectivity index (χ1v) is 8.31. The average molecular weight is 387 g/mol. The second kappa shape index (κ2) is 7.59. The summed E-state index contributed by atoms with van der Waals surface area (Å²) in [6, 6.07) is 6.49. The van der Waals surface area contributed by atoms with Crippen LogP contribution < -0.4 is 18.9 Å². The van der Waals surface area contributed by atoms with Crippen LogP contribution in [-0.2, 0) is 0 Å². The number of rotatable bonds is 6. The summed E-state index contributed by atoms with van der Waals surface area (Å²) >= 11 is 0. The molecule has 3 rings (SSSR count). The normalized spacial score (nSPS) is 10.6. The van der Waals surface area contributed by atoms with Gasteiger partial charge in [0.2, 0.25) is 17.4 Å². The quantitative estimate of drug-likeness (QED) is 0.659. The van der Waals surface area contributed by atoms with Gasteiger partial charge in [0.05, 0.1) is 28.4 Å². The monoisotopic (exact) mass is 387 g/mol. The molecule has 8 heteroatoms. The number of aromatic hydroxyl groups is 2.